The highest BCUT2D eigenvalue weighted by Gasteiger charge is 2.28. The lowest BCUT2D eigenvalue weighted by molar-refractivity contribution is 0.277. The predicted octanol–water partition coefficient (Wildman–Crippen LogP) is 4.43. The molecule has 0 saturated heterocycles. The third kappa shape index (κ3) is 3.47. The monoisotopic (exact) mass is 366 g/mol. The van der Waals surface area contributed by atoms with Crippen LogP contribution in [-0.2, 0) is 0 Å². The summed E-state index contributed by atoms with van der Waals surface area (Å²) in [5.41, 5.74) is 6.91. The number of nitrogens with two attached hydrogens (primary N) is 1. The van der Waals surface area contributed by atoms with Crippen LogP contribution in [0.4, 0.5) is 11.8 Å². The molecule has 0 bridgehead atoms. The van der Waals surface area contributed by atoms with Crippen LogP contribution in [0.3, 0.4) is 0 Å². The van der Waals surface area contributed by atoms with E-state index in [-0.39, 0.29) is 12.0 Å². The first-order valence-corrected chi connectivity index (χ1v) is 8.11. The third-order valence-corrected chi connectivity index (χ3v) is 4.59. The maximum Gasteiger partial charge on any atom is 0.223 e. The second-order valence-electron chi connectivity index (χ2n) is 5.30. The predicted molar refractivity (Wildman–Crippen MR) is 89.3 cm³/mol. The Morgan fingerprint density at radius 1 is 1.24 bits per heavy atom. The summed E-state index contributed by atoms with van der Waals surface area (Å²) in [6.07, 6.45) is 3.73. The van der Waals surface area contributed by atoms with Crippen molar-refractivity contribution in [2.24, 2.45) is 5.92 Å². The fourth-order valence-corrected chi connectivity index (χ4v) is 3.04. The molecule has 110 valence electrons. The molecule has 1 fully saturated rings. The molecule has 3 N–H and O–H groups in total. The number of nitrogen functional groups attached to an aromatic ring is 1. The first-order valence-electron chi connectivity index (χ1n) is 6.94. The van der Waals surface area contributed by atoms with Crippen molar-refractivity contribution in [2.45, 2.75) is 25.3 Å². The fourth-order valence-electron chi connectivity index (χ4n) is 2.59. The molecule has 2 aromatic rings. The van der Waals surface area contributed by atoms with Crippen molar-refractivity contribution >= 4 is 39.3 Å². The van der Waals surface area contributed by atoms with Gasteiger partial charge in [0.15, 0.2) is 0 Å². The Kier molecular flexibility index (Phi) is 4.31. The molecule has 1 atom stereocenters. The van der Waals surface area contributed by atoms with Crippen LogP contribution >= 0.6 is 27.5 Å². The van der Waals surface area contributed by atoms with Crippen molar-refractivity contribution in [1.82, 2.24) is 9.97 Å². The van der Waals surface area contributed by atoms with E-state index >= 15 is 0 Å². The number of nitrogens with one attached hydrogen (secondary N) is 1. The molecule has 1 aromatic carbocycles. The van der Waals surface area contributed by atoms with Gasteiger partial charge in [-0.2, -0.15) is 4.98 Å². The third-order valence-electron chi connectivity index (χ3n) is 3.87. The van der Waals surface area contributed by atoms with Crippen LogP contribution in [0.25, 0.3) is 0 Å². The normalized spacial score (nSPS) is 16.3. The molecular weight excluding hydrogens is 352 g/mol. The molecule has 3 rings (SSSR count). The number of anilines is 2. The van der Waals surface area contributed by atoms with Gasteiger partial charge in [-0.3, -0.25) is 0 Å². The van der Waals surface area contributed by atoms with E-state index in [1.165, 1.54) is 24.8 Å². The number of hydrogen-bond donors (Lipinski definition) is 2. The van der Waals surface area contributed by atoms with Crippen molar-refractivity contribution < 1.29 is 0 Å². The molecule has 4 nitrogen and oxygen atoms in total. The van der Waals surface area contributed by atoms with Crippen molar-refractivity contribution in [3.63, 3.8) is 0 Å². The minimum absolute atomic E-state index is 0.188. The number of aromatic nitrogens is 2. The Morgan fingerprint density at radius 2 is 1.95 bits per heavy atom. The Labute approximate surface area is 137 Å². The lowest BCUT2D eigenvalue weighted by atomic mass is 9.77. The highest BCUT2D eigenvalue weighted by atomic mass is 79.9. The fraction of sp³-hybridized carbons (Fsp3) is 0.333. The van der Waals surface area contributed by atoms with Gasteiger partial charge in [0.1, 0.15) is 11.0 Å². The molecule has 1 aromatic heterocycles. The molecule has 1 aliphatic carbocycles. The number of rotatable bonds is 4. The minimum Gasteiger partial charge on any atom is -0.368 e. The van der Waals surface area contributed by atoms with Gasteiger partial charge in [-0.05, 0) is 36.5 Å². The lowest BCUT2D eigenvalue weighted by Gasteiger charge is -2.35. The molecule has 1 heterocycles. The Bertz CT molecular complexity index is 608. The summed E-state index contributed by atoms with van der Waals surface area (Å²) in [7, 11) is 0. The molecule has 1 unspecified atom stereocenters. The SMILES string of the molecule is Nc1nc(Cl)cc(NC(c2ccc(Br)cc2)C2CCC2)n1. The Hall–Kier alpha value is -1.33. The molecule has 21 heavy (non-hydrogen) atoms. The zero-order chi connectivity index (χ0) is 14.8. The largest absolute Gasteiger partial charge is 0.368 e. The average molecular weight is 368 g/mol. The number of benzene rings is 1. The molecule has 0 amide bonds. The zero-order valence-corrected chi connectivity index (χ0v) is 13.7. The van der Waals surface area contributed by atoms with E-state index in [0.717, 1.165) is 4.47 Å². The van der Waals surface area contributed by atoms with E-state index in [4.69, 9.17) is 17.3 Å². The van der Waals surface area contributed by atoms with Crippen LogP contribution < -0.4 is 11.1 Å². The summed E-state index contributed by atoms with van der Waals surface area (Å²) in [6.45, 7) is 0. The zero-order valence-electron chi connectivity index (χ0n) is 11.4. The number of nitrogens with zero attached hydrogens (tertiary/aromatic N) is 2. The first kappa shape index (κ1) is 14.6. The van der Waals surface area contributed by atoms with Crippen LogP contribution in [0.5, 0.6) is 0 Å². The van der Waals surface area contributed by atoms with E-state index in [2.05, 4.69) is 55.5 Å². The van der Waals surface area contributed by atoms with Crippen LogP contribution in [-0.4, -0.2) is 9.97 Å². The van der Waals surface area contributed by atoms with Crippen molar-refractivity contribution in [1.29, 1.82) is 0 Å². The number of halogens is 2. The maximum atomic E-state index is 5.95. The minimum atomic E-state index is 0.188. The summed E-state index contributed by atoms with van der Waals surface area (Å²) in [6, 6.07) is 10.3. The molecule has 0 radical (unpaired) electrons. The van der Waals surface area contributed by atoms with Crippen LogP contribution in [0, 0.1) is 5.92 Å². The van der Waals surface area contributed by atoms with Crippen molar-refractivity contribution in [2.75, 3.05) is 11.1 Å². The average Bonchev–Trinajstić information content (AvgIpc) is 2.35. The van der Waals surface area contributed by atoms with Gasteiger partial charge < -0.3 is 11.1 Å². The van der Waals surface area contributed by atoms with Gasteiger partial charge in [0.05, 0.1) is 6.04 Å². The van der Waals surface area contributed by atoms with Crippen molar-refractivity contribution in [3.05, 3.63) is 45.5 Å². The van der Waals surface area contributed by atoms with E-state index in [1.807, 2.05) is 0 Å². The van der Waals surface area contributed by atoms with Gasteiger partial charge in [-0.25, -0.2) is 4.98 Å². The van der Waals surface area contributed by atoms with Crippen LogP contribution in [0.1, 0.15) is 30.9 Å². The quantitative estimate of drug-likeness (QED) is 0.785. The van der Waals surface area contributed by atoms with Gasteiger partial charge in [0, 0.05) is 10.5 Å². The van der Waals surface area contributed by atoms with Gasteiger partial charge in [0.2, 0.25) is 5.95 Å². The summed E-state index contributed by atoms with van der Waals surface area (Å²) in [4.78, 5) is 8.11. The molecular formula is C15H16BrClN4. The molecule has 6 heteroatoms. The van der Waals surface area contributed by atoms with Gasteiger partial charge >= 0.3 is 0 Å². The molecule has 0 aliphatic heterocycles. The van der Waals surface area contributed by atoms with Crippen LogP contribution in [0.15, 0.2) is 34.8 Å². The summed E-state index contributed by atoms with van der Waals surface area (Å²) in [5, 5.41) is 3.82. The van der Waals surface area contributed by atoms with E-state index in [1.54, 1.807) is 6.07 Å². The van der Waals surface area contributed by atoms with Gasteiger partial charge in [-0.15, -0.1) is 0 Å². The highest BCUT2D eigenvalue weighted by Crippen LogP contribution is 2.39. The smallest absolute Gasteiger partial charge is 0.223 e. The van der Waals surface area contributed by atoms with E-state index in [9.17, 15) is 0 Å². The maximum absolute atomic E-state index is 5.95. The van der Waals surface area contributed by atoms with Crippen molar-refractivity contribution in [3.8, 4) is 0 Å². The Balaban J connectivity index is 1.87. The van der Waals surface area contributed by atoms with E-state index in [0.29, 0.717) is 16.9 Å². The van der Waals surface area contributed by atoms with Gasteiger partial charge in [-0.1, -0.05) is 46.1 Å². The lowest BCUT2D eigenvalue weighted by Crippen LogP contribution is -2.26. The van der Waals surface area contributed by atoms with E-state index < -0.39 is 0 Å². The van der Waals surface area contributed by atoms with Gasteiger partial charge in [0.25, 0.3) is 0 Å². The molecule has 0 spiro atoms. The second-order valence-corrected chi connectivity index (χ2v) is 6.60. The van der Waals surface area contributed by atoms with Crippen LogP contribution in [0.2, 0.25) is 5.15 Å². The second kappa shape index (κ2) is 6.20. The standard InChI is InChI=1S/C15H16BrClN4/c16-11-6-4-10(5-7-11)14(9-2-1-3-9)20-13-8-12(17)19-15(18)21-13/h4-9,14H,1-3H2,(H3,18,19,20,21). The first-order chi connectivity index (χ1) is 10.1. The Morgan fingerprint density at radius 3 is 2.52 bits per heavy atom. The topological polar surface area (TPSA) is 63.8 Å². The highest BCUT2D eigenvalue weighted by molar-refractivity contribution is 9.10. The summed E-state index contributed by atoms with van der Waals surface area (Å²) in [5.74, 6) is 1.47. The summed E-state index contributed by atoms with van der Waals surface area (Å²) >= 11 is 9.42. The molecule has 1 aliphatic rings. The molecule has 1 saturated carbocycles. The number of hydrogen-bond acceptors (Lipinski definition) is 4. The summed E-state index contributed by atoms with van der Waals surface area (Å²) < 4.78 is 1.08.